The van der Waals surface area contributed by atoms with Crippen molar-refractivity contribution < 1.29 is 9.53 Å². The van der Waals surface area contributed by atoms with Crippen molar-refractivity contribution in [1.29, 1.82) is 0 Å². The van der Waals surface area contributed by atoms with Gasteiger partial charge in [-0.3, -0.25) is 4.79 Å². The van der Waals surface area contributed by atoms with E-state index in [1.165, 1.54) is 21.6 Å². The van der Waals surface area contributed by atoms with E-state index in [-0.39, 0.29) is 16.8 Å². The third-order valence-electron chi connectivity index (χ3n) is 6.63. The Kier molecular flexibility index (Phi) is 8.59. The highest BCUT2D eigenvalue weighted by Crippen LogP contribution is 2.39. The van der Waals surface area contributed by atoms with Crippen molar-refractivity contribution in [1.82, 2.24) is 0 Å². The Balaban J connectivity index is 2.02. The fourth-order valence-corrected chi connectivity index (χ4v) is 3.86. The number of carbonyl (C=O) groups excluding carboxylic acids is 1. The molecule has 0 bridgehead atoms. The van der Waals surface area contributed by atoms with Crippen LogP contribution in [0.4, 0.5) is 0 Å². The predicted molar refractivity (Wildman–Crippen MR) is 135 cm³/mol. The molecule has 0 spiro atoms. The lowest BCUT2D eigenvalue weighted by atomic mass is 9.75. The Bertz CT molecular complexity index is 898. The Morgan fingerprint density at radius 3 is 2.13 bits per heavy atom. The highest BCUT2D eigenvalue weighted by molar-refractivity contribution is 7.98. The molecule has 0 radical (unpaired) electrons. The summed E-state index contributed by atoms with van der Waals surface area (Å²) in [6.07, 6.45) is 8.51. The van der Waals surface area contributed by atoms with Gasteiger partial charge in [-0.25, -0.2) is 0 Å². The number of thioether (sulfide) groups is 1. The van der Waals surface area contributed by atoms with Gasteiger partial charge in [-0.1, -0.05) is 39.0 Å². The summed E-state index contributed by atoms with van der Waals surface area (Å²) in [6.45, 7) is 15.3. The summed E-state index contributed by atoms with van der Waals surface area (Å²) in [5.41, 5.74) is 4.18. The Morgan fingerprint density at radius 1 is 1.03 bits per heavy atom. The molecule has 0 aliphatic heterocycles. The average Bonchev–Trinajstić information content (AvgIpc) is 2.73. The second kappa shape index (κ2) is 10.5. The lowest BCUT2D eigenvalue weighted by molar-refractivity contribution is -0.0140. The summed E-state index contributed by atoms with van der Waals surface area (Å²) < 4.78 is 6.54. The van der Waals surface area contributed by atoms with Gasteiger partial charge in [0.25, 0.3) is 0 Å². The lowest BCUT2D eigenvalue weighted by Crippen LogP contribution is -2.44. The maximum absolute atomic E-state index is 12.3. The van der Waals surface area contributed by atoms with Crippen LogP contribution in [-0.2, 0) is 6.42 Å². The zero-order valence-corrected chi connectivity index (χ0v) is 21.3. The van der Waals surface area contributed by atoms with E-state index in [0.717, 1.165) is 30.6 Å². The van der Waals surface area contributed by atoms with Gasteiger partial charge in [-0.05, 0) is 100 Å². The topological polar surface area (TPSA) is 26.3 Å². The van der Waals surface area contributed by atoms with Crippen molar-refractivity contribution in [2.45, 2.75) is 78.2 Å². The number of hydrogen-bond acceptors (Lipinski definition) is 3. The SMILES string of the molecule is CCC(C)(C)C(C)(C)Oc1c(C)cc(CC/C=C/C(=O)c2ccc(SC)cc2)cc1C. The summed E-state index contributed by atoms with van der Waals surface area (Å²) >= 11 is 1.68. The average molecular weight is 439 g/mol. The minimum absolute atomic E-state index is 0.0598. The van der Waals surface area contributed by atoms with Crippen LogP contribution >= 0.6 is 11.8 Å². The van der Waals surface area contributed by atoms with Crippen molar-refractivity contribution in [2.24, 2.45) is 5.41 Å². The number of rotatable bonds is 10. The molecule has 3 heteroatoms. The van der Waals surface area contributed by atoms with Gasteiger partial charge in [0, 0.05) is 15.9 Å². The monoisotopic (exact) mass is 438 g/mol. The van der Waals surface area contributed by atoms with Gasteiger partial charge in [-0.2, -0.15) is 0 Å². The van der Waals surface area contributed by atoms with Crippen LogP contribution < -0.4 is 4.74 Å². The van der Waals surface area contributed by atoms with Gasteiger partial charge in [0.15, 0.2) is 5.78 Å². The maximum Gasteiger partial charge on any atom is 0.185 e. The molecule has 0 atom stereocenters. The van der Waals surface area contributed by atoms with Crippen LogP contribution in [0.3, 0.4) is 0 Å². The molecule has 2 nitrogen and oxygen atoms in total. The van der Waals surface area contributed by atoms with Gasteiger partial charge < -0.3 is 4.74 Å². The third kappa shape index (κ3) is 6.49. The van der Waals surface area contributed by atoms with Crippen LogP contribution in [0.1, 0.15) is 74.5 Å². The number of allylic oxidation sites excluding steroid dienone is 2. The molecule has 0 N–H and O–H groups in total. The molecule has 31 heavy (non-hydrogen) atoms. The van der Waals surface area contributed by atoms with Gasteiger partial charge in [0.1, 0.15) is 11.4 Å². The zero-order valence-electron chi connectivity index (χ0n) is 20.5. The molecule has 0 aromatic heterocycles. The molecule has 0 fully saturated rings. The number of hydrogen-bond donors (Lipinski definition) is 0. The molecule has 0 aliphatic rings. The van der Waals surface area contributed by atoms with Crippen molar-refractivity contribution in [3.63, 3.8) is 0 Å². The summed E-state index contributed by atoms with van der Waals surface area (Å²) in [5, 5.41) is 0. The van der Waals surface area contributed by atoms with E-state index in [2.05, 4.69) is 60.6 Å². The second-order valence-corrected chi connectivity index (χ2v) is 10.3. The van der Waals surface area contributed by atoms with Crippen molar-refractivity contribution in [3.05, 3.63) is 70.8 Å². The lowest BCUT2D eigenvalue weighted by Gasteiger charge is -2.42. The molecule has 2 aromatic rings. The van der Waals surface area contributed by atoms with Crippen molar-refractivity contribution >= 4 is 17.5 Å². The molecule has 0 unspecified atom stereocenters. The van der Waals surface area contributed by atoms with E-state index >= 15 is 0 Å². The normalized spacial score (nSPS) is 12.4. The minimum Gasteiger partial charge on any atom is -0.487 e. The van der Waals surface area contributed by atoms with Crippen LogP contribution in [0.2, 0.25) is 0 Å². The minimum atomic E-state index is -0.254. The standard InChI is InChI=1S/C28H38O2S/c1-9-27(4,5)28(6,7)30-26-20(2)18-22(19-21(26)3)12-10-11-13-25(29)23-14-16-24(31-8)17-15-23/h11,13-19H,9-10,12H2,1-8H3/b13-11+. The van der Waals surface area contributed by atoms with Crippen LogP contribution in [0.15, 0.2) is 53.4 Å². The third-order valence-corrected chi connectivity index (χ3v) is 7.38. The first-order valence-corrected chi connectivity index (χ1v) is 12.4. The van der Waals surface area contributed by atoms with E-state index in [4.69, 9.17) is 4.74 Å². The maximum atomic E-state index is 12.3. The molecule has 0 amide bonds. The highest BCUT2D eigenvalue weighted by Gasteiger charge is 2.38. The molecule has 0 saturated carbocycles. The number of aryl methyl sites for hydroxylation is 3. The van der Waals surface area contributed by atoms with E-state index in [1.54, 1.807) is 17.8 Å². The molecule has 0 saturated heterocycles. The van der Waals surface area contributed by atoms with Gasteiger partial charge in [-0.15, -0.1) is 11.8 Å². The van der Waals surface area contributed by atoms with Gasteiger partial charge in [0.2, 0.25) is 0 Å². The molecule has 0 aliphatic carbocycles. The zero-order chi connectivity index (χ0) is 23.2. The van der Waals surface area contributed by atoms with Crippen LogP contribution in [0.25, 0.3) is 0 Å². The van der Waals surface area contributed by atoms with E-state index in [9.17, 15) is 4.79 Å². The summed E-state index contributed by atoms with van der Waals surface area (Å²) in [4.78, 5) is 13.5. The fraction of sp³-hybridized carbons (Fsp3) is 0.464. The Hall–Kier alpha value is -2.00. The summed E-state index contributed by atoms with van der Waals surface area (Å²) in [6, 6.07) is 12.2. The van der Waals surface area contributed by atoms with Crippen LogP contribution in [0.5, 0.6) is 5.75 Å². The fourth-order valence-electron chi connectivity index (χ4n) is 3.46. The summed E-state index contributed by atoms with van der Waals surface area (Å²) in [7, 11) is 0. The molecular formula is C28H38O2S. The molecule has 2 aromatic carbocycles. The number of benzene rings is 2. The highest BCUT2D eigenvalue weighted by atomic mass is 32.2. The van der Waals surface area contributed by atoms with Crippen LogP contribution in [-0.4, -0.2) is 17.6 Å². The van der Waals surface area contributed by atoms with Gasteiger partial charge >= 0.3 is 0 Å². The van der Waals surface area contributed by atoms with E-state index < -0.39 is 0 Å². The molecule has 2 rings (SSSR count). The second-order valence-electron chi connectivity index (χ2n) is 9.44. The first-order valence-electron chi connectivity index (χ1n) is 11.1. The summed E-state index contributed by atoms with van der Waals surface area (Å²) in [5.74, 6) is 1.05. The van der Waals surface area contributed by atoms with Gasteiger partial charge in [0.05, 0.1) is 0 Å². The van der Waals surface area contributed by atoms with Crippen molar-refractivity contribution in [2.75, 3.05) is 6.26 Å². The quantitative estimate of drug-likeness (QED) is 0.214. The number of carbonyl (C=O) groups is 1. The van der Waals surface area contributed by atoms with E-state index in [1.807, 2.05) is 36.6 Å². The smallest absolute Gasteiger partial charge is 0.185 e. The first kappa shape index (κ1) is 25.3. The van der Waals surface area contributed by atoms with E-state index in [0.29, 0.717) is 0 Å². The first-order chi connectivity index (χ1) is 14.5. The Morgan fingerprint density at radius 2 is 1.61 bits per heavy atom. The molecule has 0 heterocycles. The predicted octanol–water partition coefficient (Wildman–Crippen LogP) is 7.99. The van der Waals surface area contributed by atoms with Crippen LogP contribution in [0, 0.1) is 19.3 Å². The Labute approximate surface area is 193 Å². The largest absolute Gasteiger partial charge is 0.487 e. The number of ketones is 1. The van der Waals surface area contributed by atoms with Crippen molar-refractivity contribution in [3.8, 4) is 5.75 Å². The molecular weight excluding hydrogens is 400 g/mol. The molecule has 168 valence electrons. The number of ether oxygens (including phenoxy) is 1.